The lowest BCUT2D eigenvalue weighted by Gasteiger charge is -2.27. The van der Waals surface area contributed by atoms with Gasteiger partial charge in [-0.25, -0.2) is 9.78 Å². The second kappa shape index (κ2) is 10.6. The number of aliphatic hydroxyl groups excluding tert-OH is 1. The number of rotatable bonds is 12. The molecule has 0 aliphatic rings. The Morgan fingerprint density at radius 2 is 1.97 bits per heavy atom. The highest BCUT2D eigenvalue weighted by Gasteiger charge is 2.23. The number of para-hydroxylation sites is 1. The molecule has 3 N–H and O–H groups in total. The van der Waals surface area contributed by atoms with E-state index in [1.165, 1.54) is 6.26 Å². The van der Waals surface area contributed by atoms with E-state index in [0.717, 1.165) is 11.4 Å². The molecule has 1 atom stereocenters. The van der Waals surface area contributed by atoms with E-state index < -0.39 is 24.2 Å². The summed E-state index contributed by atoms with van der Waals surface area (Å²) in [5.41, 5.74) is 1.76. The van der Waals surface area contributed by atoms with Gasteiger partial charge in [0, 0.05) is 36.3 Å². The quantitative estimate of drug-likeness (QED) is 0.280. The van der Waals surface area contributed by atoms with Crippen LogP contribution in [0.2, 0.25) is 0 Å². The first-order chi connectivity index (χ1) is 16.8. The monoisotopic (exact) mass is 480 g/mol. The normalized spacial score (nSPS) is 12.5. The van der Waals surface area contributed by atoms with Crippen LogP contribution in [0, 0.1) is 0 Å². The van der Waals surface area contributed by atoms with Gasteiger partial charge in [-0.2, -0.15) is 0 Å². The zero-order chi connectivity index (χ0) is 24.8. The van der Waals surface area contributed by atoms with Crippen LogP contribution in [0.3, 0.4) is 0 Å². The van der Waals surface area contributed by atoms with Gasteiger partial charge in [0.15, 0.2) is 6.61 Å². The Balaban J connectivity index is 1.34. The minimum Gasteiger partial charge on any atom is -0.490 e. The highest BCUT2D eigenvalue weighted by atomic mass is 16.5. The van der Waals surface area contributed by atoms with Gasteiger partial charge in [-0.3, -0.25) is 0 Å². The molecule has 0 fully saturated rings. The number of nitrogens with zero attached hydrogens (tertiary/aromatic N) is 3. The first kappa shape index (κ1) is 24.2. The molecular weight excluding hydrogens is 452 g/mol. The van der Waals surface area contributed by atoms with Crippen LogP contribution in [-0.2, 0) is 11.2 Å². The molecular formula is C25H28N4O6. The number of carboxylic acids is 1. The van der Waals surface area contributed by atoms with E-state index in [1.807, 2.05) is 48.7 Å². The largest absolute Gasteiger partial charge is 0.490 e. The Morgan fingerprint density at radius 3 is 2.74 bits per heavy atom. The standard InChI is InChI=1S/C25H28N4O6/c1-25(2,12-23-26-14-20-22(34-16-24(31)32)8-5-10-29(20)23)27-13-17(30)15-33-21-7-4-3-6-18(21)19-9-11-35-28-19/h3-11,14,17,27,30H,12-13,15-16H2,1-2H3,(H,31,32)/t17-/m0/s1. The van der Waals surface area contributed by atoms with Crippen molar-refractivity contribution in [1.82, 2.24) is 19.9 Å². The van der Waals surface area contributed by atoms with Crippen LogP contribution >= 0.6 is 0 Å². The number of hydrogen-bond donors (Lipinski definition) is 3. The van der Waals surface area contributed by atoms with Crippen molar-refractivity contribution in [3.63, 3.8) is 0 Å². The highest BCUT2D eigenvalue weighted by molar-refractivity contribution is 5.69. The molecule has 35 heavy (non-hydrogen) atoms. The van der Waals surface area contributed by atoms with Gasteiger partial charge in [0.05, 0.1) is 6.20 Å². The third-order valence-corrected chi connectivity index (χ3v) is 5.41. The number of benzene rings is 1. The molecule has 4 aromatic rings. The molecule has 0 saturated heterocycles. The van der Waals surface area contributed by atoms with Gasteiger partial charge >= 0.3 is 5.97 Å². The number of carboxylic acid groups (broad SMARTS) is 1. The number of fused-ring (bicyclic) bond motifs is 1. The Morgan fingerprint density at radius 1 is 1.17 bits per heavy atom. The summed E-state index contributed by atoms with van der Waals surface area (Å²) in [7, 11) is 0. The molecule has 4 rings (SSSR count). The van der Waals surface area contributed by atoms with Gasteiger partial charge in [0.1, 0.15) is 47.5 Å². The summed E-state index contributed by atoms with van der Waals surface area (Å²) in [4.78, 5) is 15.3. The number of aromatic nitrogens is 3. The highest BCUT2D eigenvalue weighted by Crippen LogP contribution is 2.28. The summed E-state index contributed by atoms with van der Waals surface area (Å²) in [6.07, 6.45) is 4.84. The smallest absolute Gasteiger partial charge is 0.341 e. The molecule has 0 bridgehead atoms. The minimum atomic E-state index is -1.04. The molecule has 10 heteroatoms. The molecule has 184 valence electrons. The number of aliphatic carboxylic acids is 1. The molecule has 0 radical (unpaired) electrons. The Kier molecular flexibility index (Phi) is 7.33. The third-order valence-electron chi connectivity index (χ3n) is 5.41. The fraction of sp³-hybridized carbons (Fsp3) is 0.320. The van der Waals surface area contributed by atoms with Crippen molar-refractivity contribution in [3.8, 4) is 22.8 Å². The van der Waals surface area contributed by atoms with Crippen molar-refractivity contribution in [2.75, 3.05) is 19.8 Å². The van der Waals surface area contributed by atoms with E-state index in [4.69, 9.17) is 19.1 Å². The van der Waals surface area contributed by atoms with Crippen molar-refractivity contribution < 1.29 is 29.0 Å². The van der Waals surface area contributed by atoms with Crippen molar-refractivity contribution in [2.24, 2.45) is 0 Å². The van der Waals surface area contributed by atoms with E-state index in [9.17, 15) is 9.90 Å². The fourth-order valence-electron chi connectivity index (χ4n) is 3.69. The van der Waals surface area contributed by atoms with Crippen LogP contribution in [0.5, 0.6) is 11.5 Å². The topological polar surface area (TPSA) is 131 Å². The minimum absolute atomic E-state index is 0.106. The first-order valence-corrected chi connectivity index (χ1v) is 11.2. The maximum Gasteiger partial charge on any atom is 0.341 e. The van der Waals surface area contributed by atoms with Crippen LogP contribution in [0.1, 0.15) is 19.7 Å². The molecule has 0 spiro atoms. The average Bonchev–Trinajstić information content (AvgIpc) is 3.51. The van der Waals surface area contributed by atoms with Gasteiger partial charge in [-0.05, 0) is 38.1 Å². The molecule has 10 nitrogen and oxygen atoms in total. The Labute approximate surface area is 202 Å². The second-order valence-corrected chi connectivity index (χ2v) is 8.77. The summed E-state index contributed by atoms with van der Waals surface area (Å²) < 4.78 is 18.0. The zero-order valence-corrected chi connectivity index (χ0v) is 19.5. The number of carbonyl (C=O) groups is 1. The first-order valence-electron chi connectivity index (χ1n) is 11.2. The van der Waals surface area contributed by atoms with E-state index in [2.05, 4.69) is 15.5 Å². The molecule has 3 aromatic heterocycles. The van der Waals surface area contributed by atoms with Gasteiger partial charge in [-0.1, -0.05) is 17.3 Å². The van der Waals surface area contributed by atoms with Crippen molar-refractivity contribution >= 4 is 11.5 Å². The average molecular weight is 481 g/mol. The summed E-state index contributed by atoms with van der Waals surface area (Å²) >= 11 is 0. The second-order valence-electron chi connectivity index (χ2n) is 8.77. The number of ether oxygens (including phenoxy) is 2. The SMILES string of the molecule is CC(C)(Cc1ncc2c(OCC(=O)O)cccn12)NC[C@H](O)COc1ccccc1-c1ccon1. The summed E-state index contributed by atoms with van der Waals surface area (Å²) in [5.74, 6) is 0.814. The lowest BCUT2D eigenvalue weighted by molar-refractivity contribution is -0.139. The predicted molar refractivity (Wildman–Crippen MR) is 128 cm³/mol. The lowest BCUT2D eigenvalue weighted by Crippen LogP contribution is -2.46. The molecule has 0 amide bonds. The number of nitrogens with one attached hydrogen (secondary N) is 1. The van der Waals surface area contributed by atoms with E-state index in [1.54, 1.807) is 24.4 Å². The van der Waals surface area contributed by atoms with Crippen LogP contribution in [0.25, 0.3) is 16.8 Å². The van der Waals surface area contributed by atoms with Crippen LogP contribution < -0.4 is 14.8 Å². The van der Waals surface area contributed by atoms with Crippen molar-refractivity contribution in [2.45, 2.75) is 31.9 Å². The maximum absolute atomic E-state index is 10.8. The summed E-state index contributed by atoms with van der Waals surface area (Å²) in [5, 5.41) is 26.7. The van der Waals surface area contributed by atoms with E-state index >= 15 is 0 Å². The molecule has 0 aliphatic heterocycles. The van der Waals surface area contributed by atoms with Crippen LogP contribution in [0.15, 0.2) is 65.6 Å². The lowest BCUT2D eigenvalue weighted by atomic mass is 10.00. The van der Waals surface area contributed by atoms with Gasteiger partial charge in [0.25, 0.3) is 0 Å². The Bertz CT molecular complexity index is 1270. The Hall–Kier alpha value is -3.89. The van der Waals surface area contributed by atoms with Gasteiger partial charge < -0.3 is 33.9 Å². The number of pyridine rings is 1. The molecule has 0 unspecified atom stereocenters. The van der Waals surface area contributed by atoms with Crippen molar-refractivity contribution in [1.29, 1.82) is 0 Å². The molecule has 1 aromatic carbocycles. The van der Waals surface area contributed by atoms with Crippen LogP contribution in [0.4, 0.5) is 0 Å². The summed E-state index contributed by atoms with van der Waals surface area (Å²) in [6, 6.07) is 12.7. The zero-order valence-electron chi connectivity index (χ0n) is 19.5. The number of imidazole rings is 1. The maximum atomic E-state index is 10.8. The molecule has 0 aliphatic carbocycles. The third kappa shape index (κ3) is 6.17. The molecule has 3 heterocycles. The number of β-amino-alcohol motifs (C(OH)–C–C–N with tert-alkyl or cyclic N) is 1. The van der Waals surface area contributed by atoms with E-state index in [-0.39, 0.29) is 6.61 Å². The number of hydrogen-bond acceptors (Lipinski definition) is 8. The fourth-order valence-corrected chi connectivity index (χ4v) is 3.69. The van der Waals surface area contributed by atoms with Crippen LogP contribution in [-0.4, -0.2) is 62.1 Å². The molecule has 0 saturated carbocycles. The van der Waals surface area contributed by atoms with E-state index in [0.29, 0.717) is 35.7 Å². The van der Waals surface area contributed by atoms with Gasteiger partial charge in [-0.15, -0.1) is 0 Å². The summed E-state index contributed by atoms with van der Waals surface area (Å²) in [6.45, 7) is 4.04. The van der Waals surface area contributed by atoms with Crippen molar-refractivity contribution in [3.05, 3.63) is 66.9 Å². The van der Waals surface area contributed by atoms with Gasteiger partial charge in [0.2, 0.25) is 0 Å². The predicted octanol–water partition coefficient (Wildman–Crippen LogP) is 2.80. The number of aliphatic hydroxyl groups is 1.